The lowest BCUT2D eigenvalue weighted by Gasteiger charge is -2.18. The van der Waals surface area contributed by atoms with Crippen molar-refractivity contribution in [2.24, 2.45) is 5.11 Å². The zero-order chi connectivity index (χ0) is 9.84. The minimum absolute atomic E-state index is 0.171. The van der Waals surface area contributed by atoms with Crippen LogP contribution in [-0.4, -0.2) is 46.4 Å². The van der Waals surface area contributed by atoms with Crippen LogP contribution in [-0.2, 0) is 0 Å². The molecule has 0 unspecified atom stereocenters. The van der Waals surface area contributed by atoms with Gasteiger partial charge in [0.2, 0.25) is 0 Å². The van der Waals surface area contributed by atoms with E-state index in [1.54, 1.807) is 0 Å². The van der Waals surface area contributed by atoms with Crippen molar-refractivity contribution in [1.82, 2.24) is 4.90 Å². The van der Waals surface area contributed by atoms with Crippen molar-refractivity contribution in [3.05, 3.63) is 10.4 Å². The topological polar surface area (TPSA) is 110 Å². The molecule has 13 heavy (non-hydrogen) atoms. The van der Waals surface area contributed by atoms with E-state index in [1.807, 2.05) is 0 Å². The van der Waals surface area contributed by atoms with Crippen LogP contribution in [0.1, 0.15) is 6.42 Å². The fraction of sp³-hybridized carbons (Fsp3) is 0.833. The van der Waals surface area contributed by atoms with Crippen molar-refractivity contribution in [2.45, 2.75) is 18.5 Å². The Balaban J connectivity index is 2.66. The van der Waals surface area contributed by atoms with Gasteiger partial charge in [0, 0.05) is 11.5 Å². The van der Waals surface area contributed by atoms with Gasteiger partial charge in [0.1, 0.15) is 0 Å². The molecule has 0 aromatic heterocycles. The van der Waals surface area contributed by atoms with Crippen molar-refractivity contribution in [2.75, 3.05) is 13.2 Å². The number of carbonyl (C=O) groups is 1. The molecular formula is C6H10N4O3. The molecular weight excluding hydrogens is 176 g/mol. The van der Waals surface area contributed by atoms with Gasteiger partial charge in [0.05, 0.1) is 18.7 Å². The molecule has 72 valence electrons. The molecule has 2 N–H and O–H groups in total. The van der Waals surface area contributed by atoms with E-state index in [9.17, 15) is 4.79 Å². The second-order valence-electron chi connectivity index (χ2n) is 2.87. The number of rotatable bonds is 2. The van der Waals surface area contributed by atoms with Crippen LogP contribution in [0.25, 0.3) is 10.4 Å². The van der Waals surface area contributed by atoms with Crippen molar-refractivity contribution in [3.63, 3.8) is 0 Å². The smallest absolute Gasteiger partial charge is 0.407 e. The van der Waals surface area contributed by atoms with E-state index in [4.69, 9.17) is 15.7 Å². The summed E-state index contributed by atoms with van der Waals surface area (Å²) in [6.45, 7) is -0.0611. The van der Waals surface area contributed by atoms with Gasteiger partial charge in [0.25, 0.3) is 0 Å². The molecule has 0 aromatic carbocycles. The molecule has 0 aromatic rings. The molecule has 0 aliphatic carbocycles. The predicted molar refractivity (Wildman–Crippen MR) is 43.2 cm³/mol. The maximum atomic E-state index is 10.6. The van der Waals surface area contributed by atoms with E-state index in [-0.39, 0.29) is 19.2 Å². The average Bonchev–Trinajstić information content (AvgIpc) is 2.48. The lowest BCUT2D eigenvalue weighted by atomic mass is 10.2. The molecule has 1 rings (SSSR count). The molecule has 7 nitrogen and oxygen atoms in total. The van der Waals surface area contributed by atoms with Crippen molar-refractivity contribution < 1.29 is 15.0 Å². The van der Waals surface area contributed by atoms with Gasteiger partial charge in [-0.3, -0.25) is 0 Å². The van der Waals surface area contributed by atoms with Crippen LogP contribution in [0.4, 0.5) is 4.79 Å². The Bertz CT molecular complexity index is 250. The summed E-state index contributed by atoms with van der Waals surface area (Å²) in [4.78, 5) is 14.3. The number of amides is 1. The first-order valence-electron chi connectivity index (χ1n) is 3.83. The highest BCUT2D eigenvalue weighted by atomic mass is 16.4. The Morgan fingerprint density at radius 2 is 2.46 bits per heavy atom. The minimum Gasteiger partial charge on any atom is -0.465 e. The molecule has 1 amide bonds. The lowest BCUT2D eigenvalue weighted by Crippen LogP contribution is -2.36. The number of carboxylic acid groups (broad SMARTS) is 1. The SMILES string of the molecule is [N-]=[N+]=N[C@@H]1C[C@H](CO)N(C(=O)O)C1. The van der Waals surface area contributed by atoms with Crippen molar-refractivity contribution >= 4 is 6.09 Å². The zero-order valence-electron chi connectivity index (χ0n) is 6.87. The van der Waals surface area contributed by atoms with Crippen molar-refractivity contribution in [1.29, 1.82) is 0 Å². The standard InChI is InChI=1S/C6H10N4O3/c7-9-8-4-1-5(3-11)10(2-4)6(12)13/h4-5,11H,1-3H2,(H,12,13)/t4-,5-/m1/s1. The van der Waals surface area contributed by atoms with Gasteiger partial charge in [0.15, 0.2) is 0 Å². The van der Waals surface area contributed by atoms with E-state index in [0.29, 0.717) is 6.42 Å². The summed E-state index contributed by atoms with van der Waals surface area (Å²) in [6.07, 6.45) is -0.693. The minimum atomic E-state index is -1.09. The van der Waals surface area contributed by atoms with E-state index in [1.165, 1.54) is 0 Å². The third-order valence-corrected chi connectivity index (χ3v) is 2.06. The summed E-state index contributed by atoms with van der Waals surface area (Å²) in [5, 5.41) is 20.9. The molecule has 2 atom stereocenters. The number of aliphatic hydroxyl groups is 1. The number of hydrogen-bond acceptors (Lipinski definition) is 3. The van der Waals surface area contributed by atoms with Gasteiger partial charge in [-0.25, -0.2) is 4.79 Å². The number of aliphatic hydroxyl groups excluding tert-OH is 1. The summed E-state index contributed by atoms with van der Waals surface area (Å²) in [5.74, 6) is 0. The third-order valence-electron chi connectivity index (χ3n) is 2.06. The predicted octanol–water partition coefficient (Wildman–Crippen LogP) is 0.410. The fourth-order valence-corrected chi connectivity index (χ4v) is 1.46. The van der Waals surface area contributed by atoms with E-state index in [0.717, 1.165) is 4.90 Å². The van der Waals surface area contributed by atoms with Gasteiger partial charge in [-0.2, -0.15) is 0 Å². The summed E-state index contributed by atoms with van der Waals surface area (Å²) in [5.41, 5.74) is 8.14. The molecule has 1 heterocycles. The van der Waals surface area contributed by atoms with Gasteiger partial charge < -0.3 is 15.1 Å². The van der Waals surface area contributed by atoms with Crippen LogP contribution >= 0.6 is 0 Å². The van der Waals surface area contributed by atoms with Crippen molar-refractivity contribution in [3.8, 4) is 0 Å². The first-order chi connectivity index (χ1) is 6.19. The maximum absolute atomic E-state index is 10.6. The summed E-state index contributed by atoms with van der Waals surface area (Å²) < 4.78 is 0. The highest BCUT2D eigenvalue weighted by Crippen LogP contribution is 2.19. The maximum Gasteiger partial charge on any atom is 0.407 e. The van der Waals surface area contributed by atoms with Crippen LogP contribution in [0.15, 0.2) is 5.11 Å². The molecule has 0 radical (unpaired) electrons. The van der Waals surface area contributed by atoms with Crippen LogP contribution in [0.3, 0.4) is 0 Å². The van der Waals surface area contributed by atoms with Gasteiger partial charge in [-0.1, -0.05) is 5.11 Å². The average molecular weight is 186 g/mol. The Labute approximate surface area is 74.2 Å². The molecule has 1 saturated heterocycles. The largest absolute Gasteiger partial charge is 0.465 e. The van der Waals surface area contributed by atoms with Crippen LogP contribution in [0, 0.1) is 0 Å². The number of nitrogens with zero attached hydrogens (tertiary/aromatic N) is 4. The third kappa shape index (κ3) is 2.01. The number of azide groups is 1. The Kier molecular flexibility index (Phi) is 2.94. The Morgan fingerprint density at radius 3 is 2.85 bits per heavy atom. The summed E-state index contributed by atoms with van der Waals surface area (Å²) in [7, 11) is 0. The normalized spacial score (nSPS) is 27.0. The van der Waals surface area contributed by atoms with Crippen LogP contribution < -0.4 is 0 Å². The molecule has 0 spiro atoms. The van der Waals surface area contributed by atoms with E-state index >= 15 is 0 Å². The van der Waals surface area contributed by atoms with E-state index < -0.39 is 12.1 Å². The second kappa shape index (κ2) is 3.97. The highest BCUT2D eigenvalue weighted by Gasteiger charge is 2.34. The second-order valence-corrected chi connectivity index (χ2v) is 2.87. The highest BCUT2D eigenvalue weighted by molar-refractivity contribution is 5.66. The summed E-state index contributed by atoms with van der Waals surface area (Å²) >= 11 is 0. The zero-order valence-corrected chi connectivity index (χ0v) is 6.87. The first kappa shape index (κ1) is 9.63. The van der Waals surface area contributed by atoms with Crippen LogP contribution in [0.5, 0.6) is 0 Å². The lowest BCUT2D eigenvalue weighted by molar-refractivity contribution is 0.118. The molecule has 1 aliphatic rings. The fourth-order valence-electron chi connectivity index (χ4n) is 1.46. The Hall–Kier alpha value is -1.46. The Morgan fingerprint density at radius 1 is 1.77 bits per heavy atom. The first-order valence-corrected chi connectivity index (χ1v) is 3.83. The van der Waals surface area contributed by atoms with Crippen LogP contribution in [0.2, 0.25) is 0 Å². The number of likely N-dealkylation sites (tertiary alicyclic amines) is 1. The van der Waals surface area contributed by atoms with Gasteiger partial charge in [-0.05, 0) is 12.0 Å². The molecule has 0 bridgehead atoms. The van der Waals surface area contributed by atoms with Gasteiger partial charge in [-0.15, -0.1) is 0 Å². The quantitative estimate of drug-likeness (QED) is 0.370. The molecule has 1 aliphatic heterocycles. The summed E-state index contributed by atoms with van der Waals surface area (Å²) in [6, 6.07) is -0.786. The van der Waals surface area contributed by atoms with E-state index in [2.05, 4.69) is 10.0 Å². The molecule has 7 heteroatoms. The molecule has 0 saturated carbocycles. The van der Waals surface area contributed by atoms with Gasteiger partial charge >= 0.3 is 6.09 Å². The monoisotopic (exact) mass is 186 g/mol. The number of hydrogen-bond donors (Lipinski definition) is 2. The molecule has 1 fully saturated rings.